The minimum Gasteiger partial charge on any atom is -0.480 e. The van der Waals surface area contributed by atoms with E-state index in [9.17, 15) is 9.59 Å². The van der Waals surface area contributed by atoms with Crippen molar-refractivity contribution in [3.63, 3.8) is 0 Å². The molecule has 0 aromatic carbocycles. The van der Waals surface area contributed by atoms with Crippen LogP contribution in [0.15, 0.2) is 0 Å². The van der Waals surface area contributed by atoms with Gasteiger partial charge in [0.2, 0.25) is 0 Å². The van der Waals surface area contributed by atoms with Gasteiger partial charge in [-0.15, -0.1) is 0 Å². The van der Waals surface area contributed by atoms with Crippen LogP contribution in [0.1, 0.15) is 20.3 Å². The van der Waals surface area contributed by atoms with Crippen LogP contribution in [0.2, 0.25) is 0 Å². The lowest BCUT2D eigenvalue weighted by atomic mass is 10.00. The van der Waals surface area contributed by atoms with Gasteiger partial charge in [0, 0.05) is 26.2 Å². The Kier molecular flexibility index (Phi) is 4.12. The molecule has 1 saturated heterocycles. The topological polar surface area (TPSA) is 81.7 Å². The second-order valence-electron chi connectivity index (χ2n) is 4.16. The second-order valence-corrected chi connectivity index (χ2v) is 4.16. The molecule has 1 aliphatic rings. The van der Waals surface area contributed by atoms with Crippen LogP contribution in [0.4, 0.5) is 4.79 Å². The molecule has 0 saturated carbocycles. The van der Waals surface area contributed by atoms with Crippen molar-refractivity contribution in [1.29, 1.82) is 0 Å². The molecule has 16 heavy (non-hydrogen) atoms. The number of carbonyl (C=O) groups is 2. The zero-order valence-electron chi connectivity index (χ0n) is 9.75. The molecule has 3 N–H and O–H groups in total. The van der Waals surface area contributed by atoms with Crippen LogP contribution in [0.25, 0.3) is 0 Å². The van der Waals surface area contributed by atoms with E-state index in [0.717, 1.165) is 13.1 Å². The smallest absolute Gasteiger partial charge is 0.329 e. The van der Waals surface area contributed by atoms with Crippen LogP contribution in [-0.4, -0.2) is 53.7 Å². The summed E-state index contributed by atoms with van der Waals surface area (Å²) in [5.74, 6) is -1.00. The van der Waals surface area contributed by atoms with Crippen molar-refractivity contribution < 1.29 is 14.7 Å². The zero-order valence-corrected chi connectivity index (χ0v) is 9.75. The Hall–Kier alpha value is -1.30. The Balaban J connectivity index is 2.57. The molecule has 1 rings (SSSR count). The Morgan fingerprint density at radius 1 is 1.44 bits per heavy atom. The van der Waals surface area contributed by atoms with Crippen molar-refractivity contribution in [3.05, 3.63) is 0 Å². The average molecular weight is 229 g/mol. The standard InChI is InChI=1S/C10H19N3O3/c1-3-10(2,8(14)15)12-9(16)13-6-4-11-5-7-13/h11H,3-7H2,1-2H3,(H,12,16)(H,14,15). The number of amides is 2. The highest BCUT2D eigenvalue weighted by Crippen LogP contribution is 2.10. The first kappa shape index (κ1) is 12.8. The summed E-state index contributed by atoms with van der Waals surface area (Å²) in [6.45, 7) is 6.00. The van der Waals surface area contributed by atoms with E-state index >= 15 is 0 Å². The van der Waals surface area contributed by atoms with Gasteiger partial charge in [-0.05, 0) is 13.3 Å². The van der Waals surface area contributed by atoms with E-state index in [0.29, 0.717) is 19.5 Å². The van der Waals surface area contributed by atoms with Gasteiger partial charge in [0.25, 0.3) is 0 Å². The number of urea groups is 1. The Morgan fingerprint density at radius 3 is 2.44 bits per heavy atom. The number of carbonyl (C=O) groups excluding carboxylic acids is 1. The van der Waals surface area contributed by atoms with Crippen LogP contribution in [0, 0.1) is 0 Å². The first-order valence-electron chi connectivity index (χ1n) is 5.51. The number of nitrogens with one attached hydrogen (secondary N) is 2. The molecule has 6 nitrogen and oxygen atoms in total. The van der Waals surface area contributed by atoms with Gasteiger partial charge in [0.15, 0.2) is 0 Å². The number of aliphatic carboxylic acids is 1. The summed E-state index contributed by atoms with van der Waals surface area (Å²) in [4.78, 5) is 24.5. The first-order valence-corrected chi connectivity index (χ1v) is 5.51. The van der Waals surface area contributed by atoms with Gasteiger partial charge in [0.1, 0.15) is 5.54 Å². The third kappa shape index (κ3) is 2.85. The predicted octanol–water partition coefficient (Wildman–Crippen LogP) is -0.145. The average Bonchev–Trinajstić information content (AvgIpc) is 2.29. The fourth-order valence-corrected chi connectivity index (χ4v) is 1.48. The lowest BCUT2D eigenvalue weighted by Crippen LogP contribution is -2.58. The first-order chi connectivity index (χ1) is 7.49. The molecule has 0 bridgehead atoms. The van der Waals surface area contributed by atoms with Crippen molar-refractivity contribution in [2.45, 2.75) is 25.8 Å². The molecular formula is C10H19N3O3. The molecule has 0 spiro atoms. The Labute approximate surface area is 95.0 Å². The Bertz CT molecular complexity index is 276. The molecule has 1 aliphatic heterocycles. The number of carboxylic acid groups (broad SMARTS) is 1. The monoisotopic (exact) mass is 229 g/mol. The summed E-state index contributed by atoms with van der Waals surface area (Å²) in [5.41, 5.74) is -1.18. The van der Waals surface area contributed by atoms with Crippen molar-refractivity contribution in [1.82, 2.24) is 15.5 Å². The van der Waals surface area contributed by atoms with E-state index in [1.54, 1.807) is 11.8 Å². The van der Waals surface area contributed by atoms with Crippen LogP contribution in [-0.2, 0) is 4.79 Å². The predicted molar refractivity (Wildman–Crippen MR) is 59.3 cm³/mol. The highest BCUT2D eigenvalue weighted by molar-refractivity contribution is 5.85. The van der Waals surface area contributed by atoms with E-state index < -0.39 is 11.5 Å². The number of piperazine rings is 1. The fourth-order valence-electron chi connectivity index (χ4n) is 1.48. The van der Waals surface area contributed by atoms with E-state index in [-0.39, 0.29) is 6.03 Å². The van der Waals surface area contributed by atoms with E-state index in [1.165, 1.54) is 6.92 Å². The zero-order chi connectivity index (χ0) is 12.2. The van der Waals surface area contributed by atoms with Gasteiger partial charge in [-0.3, -0.25) is 0 Å². The summed E-state index contributed by atoms with van der Waals surface area (Å²) < 4.78 is 0. The van der Waals surface area contributed by atoms with E-state index in [1.807, 2.05) is 0 Å². The van der Waals surface area contributed by atoms with Crippen molar-refractivity contribution in [2.75, 3.05) is 26.2 Å². The van der Waals surface area contributed by atoms with Gasteiger partial charge in [-0.1, -0.05) is 6.92 Å². The molecule has 1 atom stereocenters. The summed E-state index contributed by atoms with van der Waals surface area (Å²) in [6, 6.07) is -0.298. The number of hydrogen-bond acceptors (Lipinski definition) is 3. The van der Waals surface area contributed by atoms with Gasteiger partial charge in [-0.25, -0.2) is 9.59 Å². The maximum atomic E-state index is 11.8. The Morgan fingerprint density at radius 2 is 2.00 bits per heavy atom. The molecule has 0 aromatic rings. The number of rotatable bonds is 3. The summed E-state index contributed by atoms with van der Waals surface area (Å²) in [7, 11) is 0. The minimum absolute atomic E-state index is 0.298. The maximum absolute atomic E-state index is 11.8. The second kappa shape index (κ2) is 5.16. The van der Waals surface area contributed by atoms with Gasteiger partial charge >= 0.3 is 12.0 Å². The molecule has 1 heterocycles. The van der Waals surface area contributed by atoms with Gasteiger partial charge in [-0.2, -0.15) is 0 Å². The minimum atomic E-state index is -1.18. The summed E-state index contributed by atoms with van der Waals surface area (Å²) in [5, 5.41) is 14.7. The van der Waals surface area contributed by atoms with Crippen LogP contribution < -0.4 is 10.6 Å². The highest BCUT2D eigenvalue weighted by Gasteiger charge is 2.34. The molecule has 6 heteroatoms. The molecular weight excluding hydrogens is 210 g/mol. The third-order valence-electron chi connectivity index (χ3n) is 2.97. The van der Waals surface area contributed by atoms with Gasteiger partial charge < -0.3 is 20.6 Å². The van der Waals surface area contributed by atoms with E-state index in [2.05, 4.69) is 10.6 Å². The van der Waals surface area contributed by atoms with Crippen LogP contribution >= 0.6 is 0 Å². The lowest BCUT2D eigenvalue weighted by Gasteiger charge is -2.32. The quantitative estimate of drug-likeness (QED) is 0.629. The van der Waals surface area contributed by atoms with Crippen LogP contribution in [0.5, 0.6) is 0 Å². The number of hydrogen-bond donors (Lipinski definition) is 3. The SMILES string of the molecule is CCC(C)(NC(=O)N1CCNCC1)C(=O)O. The van der Waals surface area contributed by atoms with Gasteiger partial charge in [0.05, 0.1) is 0 Å². The third-order valence-corrected chi connectivity index (χ3v) is 2.97. The largest absolute Gasteiger partial charge is 0.480 e. The molecule has 0 aromatic heterocycles. The maximum Gasteiger partial charge on any atom is 0.329 e. The molecule has 0 aliphatic carbocycles. The summed E-state index contributed by atoms with van der Waals surface area (Å²) >= 11 is 0. The van der Waals surface area contributed by atoms with Crippen molar-refractivity contribution in [3.8, 4) is 0 Å². The van der Waals surface area contributed by atoms with E-state index in [4.69, 9.17) is 5.11 Å². The van der Waals surface area contributed by atoms with Crippen molar-refractivity contribution in [2.24, 2.45) is 0 Å². The molecule has 2 amide bonds. The lowest BCUT2D eigenvalue weighted by molar-refractivity contribution is -0.143. The molecule has 1 unspecified atom stereocenters. The fraction of sp³-hybridized carbons (Fsp3) is 0.800. The molecule has 92 valence electrons. The number of carboxylic acids is 1. The molecule has 1 fully saturated rings. The molecule has 0 radical (unpaired) electrons. The van der Waals surface area contributed by atoms with Crippen molar-refractivity contribution >= 4 is 12.0 Å². The number of nitrogens with zero attached hydrogens (tertiary/aromatic N) is 1. The summed E-state index contributed by atoms with van der Waals surface area (Å²) in [6.07, 6.45) is 0.361. The van der Waals surface area contributed by atoms with Crippen LogP contribution in [0.3, 0.4) is 0 Å². The normalized spacial score (nSPS) is 20.0. The highest BCUT2D eigenvalue weighted by atomic mass is 16.4.